The van der Waals surface area contributed by atoms with Gasteiger partial charge in [0.25, 0.3) is 0 Å². The van der Waals surface area contributed by atoms with Crippen LogP contribution < -0.4 is 0 Å². The van der Waals surface area contributed by atoms with Crippen molar-refractivity contribution < 1.29 is 9.53 Å². The van der Waals surface area contributed by atoms with Crippen LogP contribution in [0, 0.1) is 5.92 Å². The van der Waals surface area contributed by atoms with Gasteiger partial charge in [0.1, 0.15) is 11.3 Å². The predicted molar refractivity (Wildman–Crippen MR) is 86.6 cm³/mol. The Kier molecular flexibility index (Phi) is 5.25. The summed E-state index contributed by atoms with van der Waals surface area (Å²) in [6, 6.07) is 0.148. The molecule has 0 aliphatic heterocycles. The van der Waals surface area contributed by atoms with Gasteiger partial charge in [-0.25, -0.2) is 0 Å². The maximum atomic E-state index is 13.2. The summed E-state index contributed by atoms with van der Waals surface area (Å²) in [5.74, 6) is 0.595. The number of carbonyl (C=O) groups is 1. The van der Waals surface area contributed by atoms with Crippen molar-refractivity contribution in [3.63, 3.8) is 0 Å². The number of hydrogen-bond acceptors (Lipinski definition) is 3. The molecule has 2 rings (SSSR count). The highest BCUT2D eigenvalue weighted by Crippen LogP contribution is 2.39. The van der Waals surface area contributed by atoms with Crippen LogP contribution in [0.15, 0.2) is 10.7 Å². The van der Waals surface area contributed by atoms with Crippen LogP contribution in [0.3, 0.4) is 0 Å². The number of rotatable bonds is 5. The molecule has 4 nitrogen and oxygen atoms in total. The first-order chi connectivity index (χ1) is 9.91. The molecule has 2 atom stereocenters. The molecular formula is C16H25BrN2O2. The van der Waals surface area contributed by atoms with Gasteiger partial charge in [-0.15, -0.1) is 0 Å². The predicted octanol–water partition coefficient (Wildman–Crippen LogP) is 4.39. The van der Waals surface area contributed by atoms with Gasteiger partial charge >= 0.3 is 0 Å². The molecule has 1 aromatic heterocycles. The molecule has 0 spiro atoms. The van der Waals surface area contributed by atoms with Gasteiger partial charge in [-0.3, -0.25) is 9.48 Å². The number of ether oxygens (including phenoxy) is 1. The van der Waals surface area contributed by atoms with E-state index in [1.165, 1.54) is 6.42 Å². The van der Waals surface area contributed by atoms with Crippen molar-refractivity contribution in [2.45, 2.75) is 65.0 Å². The molecule has 118 valence electrons. The summed E-state index contributed by atoms with van der Waals surface area (Å²) in [5.41, 5.74) is -0.0331. The first-order valence-corrected chi connectivity index (χ1v) is 8.62. The van der Waals surface area contributed by atoms with Crippen LogP contribution >= 0.6 is 15.9 Å². The fourth-order valence-corrected chi connectivity index (χ4v) is 3.80. The highest BCUT2D eigenvalue weighted by atomic mass is 79.9. The quantitative estimate of drug-likeness (QED) is 0.734. The van der Waals surface area contributed by atoms with Crippen molar-refractivity contribution in [1.82, 2.24) is 9.78 Å². The Balaban J connectivity index is 2.41. The lowest BCUT2D eigenvalue weighted by Gasteiger charge is -2.38. The second kappa shape index (κ2) is 6.61. The SMILES string of the molecule is CCOC1(C(=O)c2c(Br)cnn2C(C)C)CCCC(C)C1. The number of ketones is 1. The van der Waals surface area contributed by atoms with Gasteiger partial charge in [0.05, 0.1) is 10.7 Å². The Bertz CT molecular complexity index is 508. The van der Waals surface area contributed by atoms with E-state index in [0.29, 0.717) is 18.2 Å². The third kappa shape index (κ3) is 3.24. The molecule has 0 amide bonds. The molecule has 1 heterocycles. The third-order valence-corrected chi connectivity index (χ3v) is 4.83. The molecular weight excluding hydrogens is 332 g/mol. The van der Waals surface area contributed by atoms with E-state index in [-0.39, 0.29) is 11.8 Å². The van der Waals surface area contributed by atoms with Crippen molar-refractivity contribution in [2.24, 2.45) is 5.92 Å². The number of Topliss-reactive ketones (excluding diaryl/α,β-unsaturated/α-hetero) is 1. The molecule has 5 heteroatoms. The summed E-state index contributed by atoms with van der Waals surface area (Å²) in [5, 5.41) is 4.33. The summed E-state index contributed by atoms with van der Waals surface area (Å²) >= 11 is 3.48. The van der Waals surface area contributed by atoms with Crippen molar-refractivity contribution in [3.8, 4) is 0 Å². The van der Waals surface area contributed by atoms with E-state index in [9.17, 15) is 4.79 Å². The first-order valence-electron chi connectivity index (χ1n) is 7.83. The number of hydrogen-bond donors (Lipinski definition) is 0. The van der Waals surface area contributed by atoms with E-state index in [2.05, 4.69) is 28.0 Å². The lowest BCUT2D eigenvalue weighted by molar-refractivity contribution is -0.0518. The van der Waals surface area contributed by atoms with Crippen molar-refractivity contribution in [2.75, 3.05) is 6.61 Å². The van der Waals surface area contributed by atoms with E-state index in [0.717, 1.165) is 23.7 Å². The molecule has 1 aromatic rings. The average Bonchev–Trinajstić information content (AvgIpc) is 2.80. The zero-order chi connectivity index (χ0) is 15.6. The van der Waals surface area contributed by atoms with Crippen molar-refractivity contribution in [3.05, 3.63) is 16.4 Å². The lowest BCUT2D eigenvalue weighted by atomic mass is 9.75. The fourth-order valence-electron chi connectivity index (χ4n) is 3.34. The summed E-state index contributed by atoms with van der Waals surface area (Å²) in [7, 11) is 0. The van der Waals surface area contributed by atoms with Crippen LogP contribution in [-0.2, 0) is 4.74 Å². The Morgan fingerprint density at radius 2 is 2.33 bits per heavy atom. The van der Waals surface area contributed by atoms with E-state index >= 15 is 0 Å². The molecule has 0 N–H and O–H groups in total. The van der Waals surface area contributed by atoms with Crippen molar-refractivity contribution >= 4 is 21.7 Å². The van der Waals surface area contributed by atoms with Gasteiger partial charge in [0.2, 0.25) is 5.78 Å². The molecule has 1 fully saturated rings. The maximum absolute atomic E-state index is 13.2. The van der Waals surface area contributed by atoms with Crippen LogP contribution in [0.4, 0.5) is 0 Å². The van der Waals surface area contributed by atoms with Crippen LogP contribution in [-0.4, -0.2) is 27.8 Å². The minimum absolute atomic E-state index is 0.0778. The Morgan fingerprint density at radius 1 is 1.62 bits per heavy atom. The standard InChI is InChI=1S/C16H25BrN2O2/c1-5-21-16(8-6-7-12(4)9-16)15(20)14-13(17)10-18-19(14)11(2)3/h10-12H,5-9H2,1-4H3. The number of halogens is 1. The summed E-state index contributed by atoms with van der Waals surface area (Å²) < 4.78 is 8.57. The zero-order valence-corrected chi connectivity index (χ0v) is 14.9. The Hall–Kier alpha value is -0.680. The monoisotopic (exact) mass is 356 g/mol. The Morgan fingerprint density at radius 3 is 2.90 bits per heavy atom. The van der Waals surface area contributed by atoms with Crippen molar-refractivity contribution in [1.29, 1.82) is 0 Å². The molecule has 0 bridgehead atoms. The van der Waals surface area contributed by atoms with E-state index in [1.807, 2.05) is 20.8 Å². The highest BCUT2D eigenvalue weighted by molar-refractivity contribution is 9.10. The number of carbonyl (C=O) groups excluding carboxylic acids is 1. The first kappa shape index (κ1) is 16.7. The maximum Gasteiger partial charge on any atom is 0.213 e. The second-order valence-corrected chi connectivity index (χ2v) is 7.19. The number of aromatic nitrogens is 2. The van der Waals surface area contributed by atoms with Gasteiger partial charge in [-0.05, 0) is 61.9 Å². The third-order valence-electron chi connectivity index (χ3n) is 4.25. The Labute approximate surface area is 135 Å². The van der Waals surface area contributed by atoms with Gasteiger partial charge < -0.3 is 4.74 Å². The molecule has 2 unspecified atom stereocenters. The fraction of sp³-hybridized carbons (Fsp3) is 0.750. The molecule has 1 aliphatic rings. The molecule has 1 saturated carbocycles. The normalized spacial score (nSPS) is 26.3. The second-order valence-electron chi connectivity index (χ2n) is 6.34. The average molecular weight is 357 g/mol. The van der Waals surface area contributed by atoms with E-state index < -0.39 is 5.60 Å². The minimum Gasteiger partial charge on any atom is -0.367 e. The van der Waals surface area contributed by atoms with Gasteiger partial charge in [0.15, 0.2) is 0 Å². The molecule has 1 aliphatic carbocycles. The zero-order valence-electron chi connectivity index (χ0n) is 13.4. The summed E-state index contributed by atoms with van der Waals surface area (Å²) in [6.45, 7) is 8.80. The lowest BCUT2D eigenvalue weighted by Crippen LogP contribution is -2.46. The molecule has 0 aromatic carbocycles. The van der Waals surface area contributed by atoms with Crippen LogP contribution in [0.25, 0.3) is 0 Å². The minimum atomic E-state index is -0.679. The van der Waals surface area contributed by atoms with Gasteiger partial charge in [-0.1, -0.05) is 13.3 Å². The van der Waals surface area contributed by atoms with E-state index in [4.69, 9.17) is 4.74 Å². The topological polar surface area (TPSA) is 44.1 Å². The van der Waals surface area contributed by atoms with Gasteiger partial charge in [0, 0.05) is 12.6 Å². The van der Waals surface area contributed by atoms with Crippen LogP contribution in [0.2, 0.25) is 0 Å². The molecule has 0 radical (unpaired) electrons. The molecule has 21 heavy (non-hydrogen) atoms. The smallest absolute Gasteiger partial charge is 0.213 e. The van der Waals surface area contributed by atoms with E-state index in [1.54, 1.807) is 10.9 Å². The highest BCUT2D eigenvalue weighted by Gasteiger charge is 2.45. The molecule has 0 saturated heterocycles. The van der Waals surface area contributed by atoms with Crippen LogP contribution in [0.1, 0.15) is 69.9 Å². The largest absolute Gasteiger partial charge is 0.367 e. The van der Waals surface area contributed by atoms with Crippen LogP contribution in [0.5, 0.6) is 0 Å². The summed E-state index contributed by atoms with van der Waals surface area (Å²) in [4.78, 5) is 13.2. The number of nitrogens with zero attached hydrogens (tertiary/aromatic N) is 2. The summed E-state index contributed by atoms with van der Waals surface area (Å²) in [6.07, 6.45) is 5.53. The van der Waals surface area contributed by atoms with Gasteiger partial charge in [-0.2, -0.15) is 5.10 Å².